The van der Waals surface area contributed by atoms with Crippen molar-refractivity contribution in [1.29, 1.82) is 0 Å². The molecule has 3 nitrogen and oxygen atoms in total. The summed E-state index contributed by atoms with van der Waals surface area (Å²) in [5.41, 5.74) is 9.43. The fraction of sp³-hybridized carbons (Fsp3) is 0.357. The normalized spacial score (nSPS) is 17.1. The van der Waals surface area contributed by atoms with Crippen LogP contribution in [0.25, 0.3) is 5.69 Å². The first-order chi connectivity index (χ1) is 8.25. The third kappa shape index (κ3) is 1.98. The fourth-order valence-electron chi connectivity index (χ4n) is 2.15. The first kappa shape index (κ1) is 10.5. The van der Waals surface area contributed by atoms with Crippen LogP contribution in [0.1, 0.15) is 43.0 Å². The fourth-order valence-corrected chi connectivity index (χ4v) is 2.15. The molecule has 17 heavy (non-hydrogen) atoms. The van der Waals surface area contributed by atoms with Crippen LogP contribution in [0.2, 0.25) is 0 Å². The van der Waals surface area contributed by atoms with Gasteiger partial charge in [-0.2, -0.15) is 5.10 Å². The van der Waals surface area contributed by atoms with Crippen LogP contribution in [-0.4, -0.2) is 9.78 Å². The lowest BCUT2D eigenvalue weighted by molar-refractivity contribution is 0.771. The zero-order valence-corrected chi connectivity index (χ0v) is 10.0. The van der Waals surface area contributed by atoms with Gasteiger partial charge in [0.05, 0.1) is 11.4 Å². The van der Waals surface area contributed by atoms with Gasteiger partial charge in [-0.1, -0.05) is 18.2 Å². The third-order valence-electron chi connectivity index (χ3n) is 3.28. The van der Waals surface area contributed by atoms with Gasteiger partial charge in [0.15, 0.2) is 0 Å². The van der Waals surface area contributed by atoms with Gasteiger partial charge in [0.1, 0.15) is 0 Å². The topological polar surface area (TPSA) is 43.8 Å². The Morgan fingerprint density at radius 3 is 2.76 bits per heavy atom. The monoisotopic (exact) mass is 227 g/mol. The molecular weight excluding hydrogens is 210 g/mol. The lowest BCUT2D eigenvalue weighted by Gasteiger charge is -2.12. The average molecular weight is 227 g/mol. The number of rotatable bonds is 3. The molecule has 0 unspecified atom stereocenters. The van der Waals surface area contributed by atoms with Crippen molar-refractivity contribution in [3.05, 3.63) is 47.8 Å². The Balaban J connectivity index is 2.01. The zero-order valence-electron chi connectivity index (χ0n) is 10.0. The SMILES string of the molecule is C[C@H](N)c1ccccc1-n1ccc(C2CC2)n1. The predicted molar refractivity (Wildman–Crippen MR) is 68.1 cm³/mol. The van der Waals surface area contributed by atoms with E-state index in [0.29, 0.717) is 5.92 Å². The van der Waals surface area contributed by atoms with Crippen molar-refractivity contribution in [3.8, 4) is 5.69 Å². The summed E-state index contributed by atoms with van der Waals surface area (Å²) < 4.78 is 1.95. The van der Waals surface area contributed by atoms with Crippen LogP contribution in [0, 0.1) is 0 Å². The lowest BCUT2D eigenvalue weighted by Crippen LogP contribution is -2.10. The molecule has 1 heterocycles. The van der Waals surface area contributed by atoms with E-state index in [9.17, 15) is 0 Å². The maximum atomic E-state index is 5.99. The maximum Gasteiger partial charge on any atom is 0.0693 e. The smallest absolute Gasteiger partial charge is 0.0693 e. The minimum Gasteiger partial charge on any atom is -0.324 e. The Morgan fingerprint density at radius 1 is 1.29 bits per heavy atom. The Morgan fingerprint density at radius 2 is 2.06 bits per heavy atom. The van der Waals surface area contributed by atoms with E-state index in [1.54, 1.807) is 0 Å². The average Bonchev–Trinajstić information content (AvgIpc) is 3.07. The quantitative estimate of drug-likeness (QED) is 0.876. The first-order valence-electron chi connectivity index (χ1n) is 6.16. The van der Waals surface area contributed by atoms with Crippen molar-refractivity contribution in [3.63, 3.8) is 0 Å². The van der Waals surface area contributed by atoms with Gasteiger partial charge in [-0.25, -0.2) is 4.68 Å². The molecule has 0 saturated heterocycles. The molecular formula is C14H17N3. The van der Waals surface area contributed by atoms with Gasteiger partial charge in [-0.15, -0.1) is 0 Å². The van der Waals surface area contributed by atoms with E-state index in [-0.39, 0.29) is 6.04 Å². The van der Waals surface area contributed by atoms with Gasteiger partial charge in [0, 0.05) is 18.2 Å². The first-order valence-corrected chi connectivity index (χ1v) is 6.16. The summed E-state index contributed by atoms with van der Waals surface area (Å²) in [6, 6.07) is 10.3. The molecule has 0 amide bonds. The van der Waals surface area contributed by atoms with Gasteiger partial charge < -0.3 is 5.73 Å². The molecule has 0 spiro atoms. The third-order valence-corrected chi connectivity index (χ3v) is 3.28. The molecule has 1 aromatic carbocycles. The van der Waals surface area contributed by atoms with Crippen molar-refractivity contribution in [2.45, 2.75) is 31.7 Å². The maximum absolute atomic E-state index is 5.99. The zero-order chi connectivity index (χ0) is 11.8. The highest BCUT2D eigenvalue weighted by molar-refractivity contribution is 5.42. The largest absolute Gasteiger partial charge is 0.324 e. The minimum atomic E-state index is 0.0276. The van der Waals surface area contributed by atoms with Crippen LogP contribution in [0.4, 0.5) is 0 Å². The summed E-state index contributed by atoms with van der Waals surface area (Å²) in [6.07, 6.45) is 4.60. The second-order valence-corrected chi connectivity index (χ2v) is 4.81. The Bertz CT molecular complexity index is 524. The summed E-state index contributed by atoms with van der Waals surface area (Å²) in [4.78, 5) is 0. The van der Waals surface area contributed by atoms with E-state index in [2.05, 4.69) is 23.3 Å². The van der Waals surface area contributed by atoms with Gasteiger partial charge in [0.2, 0.25) is 0 Å². The number of aromatic nitrogens is 2. The molecule has 2 N–H and O–H groups in total. The van der Waals surface area contributed by atoms with E-state index in [1.165, 1.54) is 18.5 Å². The van der Waals surface area contributed by atoms with Crippen molar-refractivity contribution in [1.82, 2.24) is 9.78 Å². The van der Waals surface area contributed by atoms with E-state index in [4.69, 9.17) is 5.73 Å². The van der Waals surface area contributed by atoms with Gasteiger partial charge in [-0.05, 0) is 37.5 Å². The van der Waals surface area contributed by atoms with Gasteiger partial charge in [-0.3, -0.25) is 0 Å². The molecule has 0 aliphatic heterocycles. The molecule has 1 atom stereocenters. The Kier molecular flexibility index (Phi) is 2.48. The Hall–Kier alpha value is -1.61. The molecule has 2 aromatic rings. The molecule has 1 aliphatic rings. The highest BCUT2D eigenvalue weighted by atomic mass is 15.3. The molecule has 3 heteroatoms. The second-order valence-electron chi connectivity index (χ2n) is 4.81. The van der Waals surface area contributed by atoms with Crippen LogP contribution in [0.15, 0.2) is 36.5 Å². The highest BCUT2D eigenvalue weighted by Gasteiger charge is 2.26. The highest BCUT2D eigenvalue weighted by Crippen LogP contribution is 2.39. The second kappa shape index (κ2) is 4.00. The van der Waals surface area contributed by atoms with E-state index < -0.39 is 0 Å². The summed E-state index contributed by atoms with van der Waals surface area (Å²) in [7, 11) is 0. The summed E-state index contributed by atoms with van der Waals surface area (Å²) in [5.74, 6) is 0.693. The number of hydrogen-bond donors (Lipinski definition) is 1. The molecule has 0 radical (unpaired) electrons. The molecule has 1 fully saturated rings. The molecule has 1 saturated carbocycles. The Labute approximate surface area is 101 Å². The van der Waals surface area contributed by atoms with Crippen molar-refractivity contribution >= 4 is 0 Å². The number of nitrogens with two attached hydrogens (primary N) is 1. The summed E-state index contributed by atoms with van der Waals surface area (Å²) in [6.45, 7) is 2.00. The van der Waals surface area contributed by atoms with Crippen molar-refractivity contribution in [2.24, 2.45) is 5.73 Å². The van der Waals surface area contributed by atoms with Crippen LogP contribution >= 0.6 is 0 Å². The molecule has 3 rings (SSSR count). The standard InChI is InChI=1S/C14H17N3/c1-10(15)12-4-2-3-5-14(12)17-9-8-13(16-17)11-6-7-11/h2-5,8-11H,6-7,15H2,1H3/t10-/m0/s1. The molecule has 1 aliphatic carbocycles. The minimum absolute atomic E-state index is 0.0276. The summed E-state index contributed by atoms with van der Waals surface area (Å²) in [5, 5.41) is 4.65. The molecule has 1 aromatic heterocycles. The molecule has 88 valence electrons. The van der Waals surface area contributed by atoms with Crippen LogP contribution < -0.4 is 5.73 Å². The van der Waals surface area contributed by atoms with Crippen molar-refractivity contribution in [2.75, 3.05) is 0 Å². The van der Waals surface area contributed by atoms with E-state index in [1.807, 2.05) is 29.9 Å². The lowest BCUT2D eigenvalue weighted by atomic mass is 10.1. The predicted octanol–water partition coefficient (Wildman–Crippen LogP) is 2.77. The van der Waals surface area contributed by atoms with Crippen LogP contribution in [0.3, 0.4) is 0 Å². The van der Waals surface area contributed by atoms with Crippen molar-refractivity contribution < 1.29 is 0 Å². The molecule has 0 bridgehead atoms. The number of nitrogens with zero attached hydrogens (tertiary/aromatic N) is 2. The number of benzene rings is 1. The van der Waals surface area contributed by atoms with Crippen LogP contribution in [0.5, 0.6) is 0 Å². The van der Waals surface area contributed by atoms with Gasteiger partial charge >= 0.3 is 0 Å². The summed E-state index contributed by atoms with van der Waals surface area (Å²) >= 11 is 0. The number of hydrogen-bond acceptors (Lipinski definition) is 2. The van der Waals surface area contributed by atoms with E-state index >= 15 is 0 Å². The van der Waals surface area contributed by atoms with Crippen LogP contribution in [-0.2, 0) is 0 Å². The number of para-hydroxylation sites is 1. The van der Waals surface area contributed by atoms with Gasteiger partial charge in [0.25, 0.3) is 0 Å². The van der Waals surface area contributed by atoms with E-state index in [0.717, 1.165) is 11.3 Å².